The molecule has 1 saturated heterocycles. The number of nitrogens with one attached hydrogen (secondary N) is 2. The van der Waals surface area contributed by atoms with Crippen molar-refractivity contribution in [3.63, 3.8) is 0 Å². The van der Waals surface area contributed by atoms with Gasteiger partial charge in [-0.05, 0) is 63.7 Å². The molecule has 1 saturated carbocycles. The maximum atomic E-state index is 3.61. The molecular formula is C12H24N2. The molecule has 1 aliphatic heterocycles. The lowest BCUT2D eigenvalue weighted by Crippen LogP contribution is -2.33. The quantitative estimate of drug-likeness (QED) is 0.633. The van der Waals surface area contributed by atoms with Gasteiger partial charge in [-0.25, -0.2) is 0 Å². The van der Waals surface area contributed by atoms with E-state index in [0.717, 1.165) is 11.8 Å². The molecule has 14 heavy (non-hydrogen) atoms. The Kier molecular flexibility index (Phi) is 4.26. The maximum absolute atomic E-state index is 3.61. The molecule has 0 aromatic rings. The fourth-order valence-corrected chi connectivity index (χ4v) is 2.31. The minimum Gasteiger partial charge on any atom is -0.317 e. The zero-order valence-electron chi connectivity index (χ0n) is 9.23. The molecule has 2 fully saturated rings. The summed E-state index contributed by atoms with van der Waals surface area (Å²) in [5.41, 5.74) is 0. The van der Waals surface area contributed by atoms with Crippen molar-refractivity contribution in [1.29, 1.82) is 0 Å². The maximum Gasteiger partial charge on any atom is -0.00196 e. The van der Waals surface area contributed by atoms with Crippen LogP contribution < -0.4 is 10.6 Å². The van der Waals surface area contributed by atoms with Gasteiger partial charge in [0.2, 0.25) is 0 Å². The second kappa shape index (κ2) is 5.72. The van der Waals surface area contributed by atoms with Gasteiger partial charge in [0.15, 0.2) is 0 Å². The van der Waals surface area contributed by atoms with E-state index < -0.39 is 0 Å². The summed E-state index contributed by atoms with van der Waals surface area (Å²) >= 11 is 0. The van der Waals surface area contributed by atoms with E-state index in [2.05, 4.69) is 10.6 Å². The van der Waals surface area contributed by atoms with E-state index >= 15 is 0 Å². The van der Waals surface area contributed by atoms with E-state index in [9.17, 15) is 0 Å². The molecule has 0 atom stereocenters. The van der Waals surface area contributed by atoms with E-state index in [1.165, 1.54) is 64.7 Å². The molecule has 0 bridgehead atoms. The molecule has 0 aromatic heterocycles. The SMILES string of the molecule is C(CNCC1CCNCC1)CC1CC1. The predicted molar refractivity (Wildman–Crippen MR) is 60.4 cm³/mol. The van der Waals surface area contributed by atoms with E-state index in [4.69, 9.17) is 0 Å². The average molecular weight is 196 g/mol. The van der Waals surface area contributed by atoms with Gasteiger partial charge in [0.1, 0.15) is 0 Å². The lowest BCUT2D eigenvalue weighted by Gasteiger charge is -2.22. The van der Waals surface area contributed by atoms with E-state index in [0.29, 0.717) is 0 Å². The Morgan fingerprint density at radius 3 is 2.50 bits per heavy atom. The van der Waals surface area contributed by atoms with E-state index in [1.54, 1.807) is 0 Å². The van der Waals surface area contributed by atoms with Crippen LogP contribution in [0.15, 0.2) is 0 Å². The van der Waals surface area contributed by atoms with E-state index in [-0.39, 0.29) is 0 Å². The molecule has 0 amide bonds. The highest BCUT2D eigenvalue weighted by Crippen LogP contribution is 2.33. The molecule has 0 spiro atoms. The second-order valence-corrected chi connectivity index (χ2v) is 4.98. The summed E-state index contributed by atoms with van der Waals surface area (Å²) in [6.45, 7) is 4.97. The zero-order chi connectivity index (χ0) is 9.64. The van der Waals surface area contributed by atoms with Crippen molar-refractivity contribution in [2.75, 3.05) is 26.2 Å². The molecule has 2 nitrogen and oxygen atoms in total. The van der Waals surface area contributed by atoms with Crippen molar-refractivity contribution >= 4 is 0 Å². The highest BCUT2D eigenvalue weighted by Gasteiger charge is 2.20. The average Bonchev–Trinajstić information content (AvgIpc) is 3.03. The lowest BCUT2D eigenvalue weighted by molar-refractivity contribution is 0.355. The molecule has 2 rings (SSSR count). The third-order valence-electron chi connectivity index (χ3n) is 3.55. The number of hydrogen-bond donors (Lipinski definition) is 2. The zero-order valence-corrected chi connectivity index (χ0v) is 9.23. The first-order valence-electron chi connectivity index (χ1n) is 6.36. The Morgan fingerprint density at radius 2 is 1.79 bits per heavy atom. The Hall–Kier alpha value is -0.0800. The van der Waals surface area contributed by atoms with Crippen molar-refractivity contribution in [2.45, 2.75) is 38.5 Å². The number of rotatable bonds is 6. The van der Waals surface area contributed by atoms with Gasteiger partial charge in [-0.1, -0.05) is 12.8 Å². The normalized spacial score (nSPS) is 24.0. The highest BCUT2D eigenvalue weighted by molar-refractivity contribution is 4.74. The Labute approximate surface area is 87.8 Å². The summed E-state index contributed by atoms with van der Waals surface area (Å²) in [6.07, 6.45) is 8.63. The van der Waals surface area contributed by atoms with Gasteiger partial charge in [0, 0.05) is 0 Å². The van der Waals surface area contributed by atoms with Crippen LogP contribution in [-0.4, -0.2) is 26.2 Å². The van der Waals surface area contributed by atoms with Gasteiger partial charge >= 0.3 is 0 Å². The molecule has 0 aromatic carbocycles. The first-order valence-corrected chi connectivity index (χ1v) is 6.36. The first-order chi connectivity index (χ1) is 6.95. The van der Waals surface area contributed by atoms with Crippen LogP contribution in [0.4, 0.5) is 0 Å². The molecule has 2 aliphatic rings. The standard InChI is InChI=1S/C12H24N2/c1(2-11-3-4-11)7-14-10-12-5-8-13-9-6-12/h11-14H,1-10H2. The van der Waals surface area contributed by atoms with Crippen LogP contribution in [0.25, 0.3) is 0 Å². The lowest BCUT2D eigenvalue weighted by atomic mass is 9.98. The third-order valence-corrected chi connectivity index (χ3v) is 3.55. The van der Waals surface area contributed by atoms with Gasteiger partial charge in [-0.3, -0.25) is 0 Å². The minimum atomic E-state index is 0.942. The summed E-state index contributed by atoms with van der Waals surface area (Å²) in [6, 6.07) is 0. The fourth-order valence-electron chi connectivity index (χ4n) is 2.31. The first kappa shape index (κ1) is 10.4. The second-order valence-electron chi connectivity index (χ2n) is 4.98. The molecular weight excluding hydrogens is 172 g/mol. The van der Waals surface area contributed by atoms with Gasteiger partial charge in [0.25, 0.3) is 0 Å². The van der Waals surface area contributed by atoms with Crippen molar-refractivity contribution in [3.05, 3.63) is 0 Å². The van der Waals surface area contributed by atoms with Crippen LogP contribution in [0.5, 0.6) is 0 Å². The van der Waals surface area contributed by atoms with Crippen molar-refractivity contribution in [1.82, 2.24) is 10.6 Å². The summed E-state index contributed by atoms with van der Waals surface area (Å²) in [7, 11) is 0. The van der Waals surface area contributed by atoms with Crippen molar-refractivity contribution < 1.29 is 0 Å². The van der Waals surface area contributed by atoms with Crippen molar-refractivity contribution in [3.8, 4) is 0 Å². The fraction of sp³-hybridized carbons (Fsp3) is 1.00. The Balaban J connectivity index is 1.41. The minimum absolute atomic E-state index is 0.942. The van der Waals surface area contributed by atoms with Gasteiger partial charge in [-0.15, -0.1) is 0 Å². The predicted octanol–water partition coefficient (Wildman–Crippen LogP) is 1.77. The van der Waals surface area contributed by atoms with Gasteiger partial charge in [0.05, 0.1) is 0 Å². The number of piperidine rings is 1. The van der Waals surface area contributed by atoms with Crippen LogP contribution in [0, 0.1) is 11.8 Å². The molecule has 2 N–H and O–H groups in total. The monoisotopic (exact) mass is 196 g/mol. The Morgan fingerprint density at radius 1 is 1.00 bits per heavy atom. The molecule has 1 aliphatic carbocycles. The third kappa shape index (κ3) is 3.97. The molecule has 0 radical (unpaired) electrons. The van der Waals surface area contributed by atoms with Crippen molar-refractivity contribution in [2.24, 2.45) is 11.8 Å². The van der Waals surface area contributed by atoms with Gasteiger partial charge < -0.3 is 10.6 Å². The molecule has 0 unspecified atom stereocenters. The summed E-state index contributed by atoms with van der Waals surface area (Å²) in [5, 5.41) is 7.02. The van der Waals surface area contributed by atoms with Crippen LogP contribution >= 0.6 is 0 Å². The van der Waals surface area contributed by atoms with E-state index in [1.807, 2.05) is 0 Å². The number of hydrogen-bond acceptors (Lipinski definition) is 2. The smallest absolute Gasteiger partial charge is 0.00196 e. The highest BCUT2D eigenvalue weighted by atomic mass is 14.9. The van der Waals surface area contributed by atoms with Crippen LogP contribution in [0.1, 0.15) is 38.5 Å². The van der Waals surface area contributed by atoms with Crippen LogP contribution in [0.2, 0.25) is 0 Å². The van der Waals surface area contributed by atoms with Crippen LogP contribution in [-0.2, 0) is 0 Å². The topological polar surface area (TPSA) is 24.1 Å². The molecule has 82 valence electrons. The molecule has 2 heteroatoms. The largest absolute Gasteiger partial charge is 0.317 e. The summed E-state index contributed by atoms with van der Waals surface area (Å²) in [5.74, 6) is 2.05. The van der Waals surface area contributed by atoms with Gasteiger partial charge in [-0.2, -0.15) is 0 Å². The Bertz CT molecular complexity index is 148. The van der Waals surface area contributed by atoms with Crippen LogP contribution in [0.3, 0.4) is 0 Å². The summed E-state index contributed by atoms with van der Waals surface area (Å²) in [4.78, 5) is 0. The molecule has 1 heterocycles. The summed E-state index contributed by atoms with van der Waals surface area (Å²) < 4.78 is 0.